The molecule has 0 radical (unpaired) electrons. The first-order valence-corrected chi connectivity index (χ1v) is 9.08. The number of thiophene rings is 1. The van der Waals surface area contributed by atoms with Crippen molar-refractivity contribution in [2.45, 2.75) is 25.6 Å². The van der Waals surface area contributed by atoms with Crippen molar-refractivity contribution in [1.82, 2.24) is 4.90 Å². The molecule has 1 fully saturated rings. The minimum atomic E-state index is 0.179. The minimum Gasteiger partial charge on any atom is -0.325 e. The average molecular weight is 317 g/mol. The van der Waals surface area contributed by atoms with Gasteiger partial charge in [-0.15, -0.1) is 23.1 Å². The molecule has 2 heterocycles. The van der Waals surface area contributed by atoms with Crippen LogP contribution in [0.25, 0.3) is 0 Å². The first-order valence-electron chi connectivity index (χ1n) is 7.16. The van der Waals surface area contributed by atoms with E-state index < -0.39 is 0 Å². The number of aryl methyl sites for hydroxylation is 2. The maximum Gasteiger partial charge on any atom is 0.229 e. The normalized spacial score (nSPS) is 18.2. The van der Waals surface area contributed by atoms with Crippen LogP contribution in [0, 0.1) is 13.8 Å². The third-order valence-electron chi connectivity index (χ3n) is 3.81. The molecule has 1 aromatic heterocycles. The molecule has 0 spiro atoms. The third-order valence-corrected chi connectivity index (χ3v) is 5.93. The summed E-state index contributed by atoms with van der Waals surface area (Å²) in [6.45, 7) is 5.11. The topological polar surface area (TPSA) is 20.3 Å². The quantitative estimate of drug-likeness (QED) is 0.846. The number of carbonyl (C=O) groups is 1. The van der Waals surface area contributed by atoms with Crippen LogP contribution >= 0.6 is 23.1 Å². The Morgan fingerprint density at radius 3 is 2.90 bits per heavy atom. The van der Waals surface area contributed by atoms with Crippen LogP contribution < -0.4 is 0 Å². The molecule has 0 saturated carbocycles. The van der Waals surface area contributed by atoms with E-state index in [9.17, 15) is 4.79 Å². The summed E-state index contributed by atoms with van der Waals surface area (Å²) in [5, 5.41) is 2.21. The number of hydrogen-bond acceptors (Lipinski definition) is 3. The lowest BCUT2D eigenvalue weighted by molar-refractivity contribution is -0.130. The lowest BCUT2D eigenvalue weighted by atomic mass is 10.0. The van der Waals surface area contributed by atoms with Crippen LogP contribution in [0.4, 0.5) is 0 Å². The van der Waals surface area contributed by atoms with Crippen molar-refractivity contribution in [3.05, 3.63) is 57.3 Å². The van der Waals surface area contributed by atoms with E-state index in [0.717, 1.165) is 17.2 Å². The summed E-state index contributed by atoms with van der Waals surface area (Å²) in [5.74, 6) is 1.26. The van der Waals surface area contributed by atoms with Gasteiger partial charge in [0.2, 0.25) is 5.91 Å². The van der Waals surface area contributed by atoms with Crippen molar-refractivity contribution in [1.29, 1.82) is 0 Å². The molecule has 1 unspecified atom stereocenters. The Labute approximate surface area is 134 Å². The standard InChI is InChI=1S/C17H19NOS2/c1-12-5-6-15(13(2)10-12)17-18(7-9-21-17)16(19)11-14-4-3-8-20-14/h3-6,8,10,17H,7,9,11H2,1-2H3. The average Bonchev–Trinajstić information content (AvgIpc) is 3.09. The van der Waals surface area contributed by atoms with Crippen molar-refractivity contribution in [2.75, 3.05) is 12.3 Å². The summed E-state index contributed by atoms with van der Waals surface area (Å²) in [6, 6.07) is 10.6. The molecule has 0 aliphatic carbocycles. The molecule has 4 heteroatoms. The molecule has 2 aromatic rings. The molecule has 1 saturated heterocycles. The summed E-state index contributed by atoms with van der Waals surface area (Å²) in [5.41, 5.74) is 3.83. The SMILES string of the molecule is Cc1ccc(C2SCCN2C(=O)Cc2cccs2)c(C)c1. The first kappa shape index (κ1) is 14.7. The Kier molecular flexibility index (Phi) is 4.36. The van der Waals surface area contributed by atoms with Gasteiger partial charge in [0, 0.05) is 17.2 Å². The molecule has 21 heavy (non-hydrogen) atoms. The summed E-state index contributed by atoms with van der Waals surface area (Å²) in [7, 11) is 0. The second-order valence-electron chi connectivity index (χ2n) is 5.43. The van der Waals surface area contributed by atoms with Crippen LogP contribution in [0.2, 0.25) is 0 Å². The Morgan fingerprint density at radius 2 is 2.19 bits per heavy atom. The molecule has 110 valence electrons. The molecular formula is C17H19NOS2. The lowest BCUT2D eigenvalue weighted by Crippen LogP contribution is -2.31. The predicted molar refractivity (Wildman–Crippen MR) is 90.9 cm³/mol. The van der Waals surface area contributed by atoms with Gasteiger partial charge in [-0.1, -0.05) is 29.8 Å². The number of hydrogen-bond donors (Lipinski definition) is 0. The van der Waals surface area contributed by atoms with Crippen LogP contribution in [0.5, 0.6) is 0 Å². The fraction of sp³-hybridized carbons (Fsp3) is 0.353. The van der Waals surface area contributed by atoms with Gasteiger partial charge < -0.3 is 4.90 Å². The Balaban J connectivity index is 1.80. The highest BCUT2D eigenvalue weighted by atomic mass is 32.2. The summed E-state index contributed by atoms with van der Waals surface area (Å²) in [6.07, 6.45) is 0.527. The Hall–Kier alpha value is -1.26. The number of carbonyl (C=O) groups excluding carboxylic acids is 1. The van der Waals surface area contributed by atoms with E-state index in [-0.39, 0.29) is 11.3 Å². The van der Waals surface area contributed by atoms with Crippen molar-refractivity contribution < 1.29 is 4.79 Å². The van der Waals surface area contributed by atoms with Gasteiger partial charge in [-0.05, 0) is 36.4 Å². The third kappa shape index (κ3) is 3.16. The molecule has 1 aliphatic heterocycles. The van der Waals surface area contributed by atoms with Crippen molar-refractivity contribution in [2.24, 2.45) is 0 Å². The van der Waals surface area contributed by atoms with E-state index >= 15 is 0 Å². The maximum atomic E-state index is 12.6. The van der Waals surface area contributed by atoms with E-state index in [2.05, 4.69) is 32.0 Å². The van der Waals surface area contributed by atoms with Gasteiger partial charge in [0.05, 0.1) is 6.42 Å². The van der Waals surface area contributed by atoms with E-state index in [1.54, 1.807) is 11.3 Å². The highest BCUT2D eigenvalue weighted by molar-refractivity contribution is 7.99. The predicted octanol–water partition coefficient (Wildman–Crippen LogP) is 4.18. The first-order chi connectivity index (χ1) is 10.1. The van der Waals surface area contributed by atoms with Crippen LogP contribution in [0.3, 0.4) is 0 Å². The van der Waals surface area contributed by atoms with Gasteiger partial charge in [0.1, 0.15) is 5.37 Å². The van der Waals surface area contributed by atoms with Crippen LogP contribution in [0.1, 0.15) is 26.9 Å². The zero-order valence-electron chi connectivity index (χ0n) is 12.3. The largest absolute Gasteiger partial charge is 0.325 e. The Bertz CT molecular complexity index is 636. The van der Waals surface area contributed by atoms with Crippen molar-refractivity contribution >= 4 is 29.0 Å². The monoisotopic (exact) mass is 317 g/mol. The molecule has 1 amide bonds. The number of benzene rings is 1. The fourth-order valence-corrected chi connectivity index (χ4v) is 4.82. The highest BCUT2D eigenvalue weighted by Gasteiger charge is 2.31. The van der Waals surface area contributed by atoms with E-state index in [1.165, 1.54) is 16.7 Å². The fourth-order valence-electron chi connectivity index (χ4n) is 2.75. The molecule has 1 atom stereocenters. The number of rotatable bonds is 3. The van der Waals surface area contributed by atoms with Crippen molar-refractivity contribution in [3.63, 3.8) is 0 Å². The zero-order valence-corrected chi connectivity index (χ0v) is 14.0. The van der Waals surface area contributed by atoms with Gasteiger partial charge in [0.15, 0.2) is 0 Å². The molecule has 2 nitrogen and oxygen atoms in total. The van der Waals surface area contributed by atoms with Gasteiger partial charge in [-0.2, -0.15) is 0 Å². The Morgan fingerprint density at radius 1 is 1.33 bits per heavy atom. The van der Waals surface area contributed by atoms with Crippen LogP contribution in [-0.2, 0) is 11.2 Å². The molecule has 1 aliphatic rings. The summed E-state index contributed by atoms with van der Waals surface area (Å²) < 4.78 is 0. The second kappa shape index (κ2) is 6.24. The van der Waals surface area contributed by atoms with Gasteiger partial charge in [-0.3, -0.25) is 4.79 Å². The summed E-state index contributed by atoms with van der Waals surface area (Å²) >= 11 is 3.53. The smallest absolute Gasteiger partial charge is 0.229 e. The maximum absolute atomic E-state index is 12.6. The van der Waals surface area contributed by atoms with Crippen LogP contribution in [0.15, 0.2) is 35.7 Å². The molecule has 3 rings (SSSR count). The number of amides is 1. The highest BCUT2D eigenvalue weighted by Crippen LogP contribution is 2.39. The second-order valence-corrected chi connectivity index (χ2v) is 7.65. The van der Waals surface area contributed by atoms with Crippen molar-refractivity contribution in [3.8, 4) is 0 Å². The number of thioether (sulfide) groups is 1. The van der Waals surface area contributed by atoms with Gasteiger partial charge in [-0.25, -0.2) is 0 Å². The minimum absolute atomic E-state index is 0.179. The molecular weight excluding hydrogens is 298 g/mol. The van der Waals surface area contributed by atoms with E-state index in [1.807, 2.05) is 34.2 Å². The van der Waals surface area contributed by atoms with Gasteiger partial charge in [0.25, 0.3) is 0 Å². The lowest BCUT2D eigenvalue weighted by Gasteiger charge is -2.25. The van der Waals surface area contributed by atoms with Crippen LogP contribution in [-0.4, -0.2) is 23.1 Å². The number of nitrogens with zero attached hydrogens (tertiary/aromatic N) is 1. The molecule has 0 N–H and O–H groups in total. The summed E-state index contributed by atoms with van der Waals surface area (Å²) in [4.78, 5) is 15.8. The van der Waals surface area contributed by atoms with Gasteiger partial charge >= 0.3 is 0 Å². The van der Waals surface area contributed by atoms with E-state index in [4.69, 9.17) is 0 Å². The molecule has 1 aromatic carbocycles. The molecule has 0 bridgehead atoms. The zero-order chi connectivity index (χ0) is 14.8. The van der Waals surface area contributed by atoms with E-state index in [0.29, 0.717) is 6.42 Å².